The summed E-state index contributed by atoms with van der Waals surface area (Å²) < 4.78 is 11.8. The highest BCUT2D eigenvalue weighted by molar-refractivity contribution is 9.10. The Hall–Kier alpha value is -1.59. The summed E-state index contributed by atoms with van der Waals surface area (Å²) >= 11 is 3.41. The summed E-state index contributed by atoms with van der Waals surface area (Å²) in [5.41, 5.74) is 2.49. The van der Waals surface area contributed by atoms with Crippen LogP contribution in [0, 0.1) is 6.92 Å². The highest BCUT2D eigenvalue weighted by Crippen LogP contribution is 2.28. The van der Waals surface area contributed by atoms with Gasteiger partial charge in [0.2, 0.25) is 5.88 Å². The van der Waals surface area contributed by atoms with Gasteiger partial charge in [-0.05, 0) is 30.7 Å². The molecule has 1 aromatic heterocycles. The van der Waals surface area contributed by atoms with Gasteiger partial charge in [-0.2, -0.15) is 0 Å². The van der Waals surface area contributed by atoms with Crippen LogP contribution in [-0.2, 0) is 13.2 Å². The second-order valence-electron chi connectivity index (χ2n) is 4.33. The number of ether oxygens (including phenoxy) is 2. The van der Waals surface area contributed by atoms with Crippen LogP contribution in [0.1, 0.15) is 16.8 Å². The third kappa shape index (κ3) is 3.49. The van der Waals surface area contributed by atoms with Crippen molar-refractivity contribution in [2.75, 3.05) is 7.11 Å². The summed E-state index contributed by atoms with van der Waals surface area (Å²) in [4.78, 5) is 4.29. The molecule has 0 atom stereocenters. The van der Waals surface area contributed by atoms with Crippen LogP contribution in [0.3, 0.4) is 0 Å². The van der Waals surface area contributed by atoms with Crippen molar-refractivity contribution < 1.29 is 14.6 Å². The molecular weight excluding hydrogens is 322 g/mol. The zero-order valence-corrected chi connectivity index (χ0v) is 13.0. The van der Waals surface area contributed by atoms with Crippen molar-refractivity contribution in [2.24, 2.45) is 0 Å². The number of aryl methyl sites for hydroxylation is 1. The SMILES string of the molecule is COc1cccc(COc2c(C)cc(Br)cc2CO)n1. The summed E-state index contributed by atoms with van der Waals surface area (Å²) in [6.07, 6.45) is 0. The lowest BCUT2D eigenvalue weighted by Gasteiger charge is -2.13. The number of nitrogens with zero attached hydrogens (tertiary/aromatic N) is 1. The highest BCUT2D eigenvalue weighted by Gasteiger charge is 2.09. The maximum Gasteiger partial charge on any atom is 0.213 e. The minimum atomic E-state index is -0.0683. The molecule has 1 aromatic carbocycles. The van der Waals surface area contributed by atoms with Gasteiger partial charge in [-0.3, -0.25) is 0 Å². The van der Waals surface area contributed by atoms with Gasteiger partial charge in [0.25, 0.3) is 0 Å². The van der Waals surface area contributed by atoms with Crippen molar-refractivity contribution in [3.8, 4) is 11.6 Å². The molecule has 0 amide bonds. The molecule has 0 aliphatic heterocycles. The molecule has 0 bridgehead atoms. The predicted octanol–water partition coefficient (Wildman–Crippen LogP) is 3.23. The molecule has 0 aliphatic carbocycles. The maximum absolute atomic E-state index is 9.41. The number of hydrogen-bond donors (Lipinski definition) is 1. The van der Waals surface area contributed by atoms with Crippen LogP contribution >= 0.6 is 15.9 Å². The third-order valence-electron chi connectivity index (χ3n) is 2.84. The van der Waals surface area contributed by atoms with E-state index in [9.17, 15) is 5.11 Å². The van der Waals surface area contributed by atoms with Gasteiger partial charge in [-0.1, -0.05) is 22.0 Å². The van der Waals surface area contributed by atoms with Crippen LogP contribution in [0.2, 0.25) is 0 Å². The van der Waals surface area contributed by atoms with Crippen molar-refractivity contribution in [1.82, 2.24) is 4.98 Å². The summed E-state index contributed by atoms with van der Waals surface area (Å²) in [6.45, 7) is 2.20. The molecular formula is C15H16BrNO3. The quantitative estimate of drug-likeness (QED) is 0.909. The lowest BCUT2D eigenvalue weighted by molar-refractivity contribution is 0.255. The Morgan fingerprint density at radius 3 is 2.80 bits per heavy atom. The largest absolute Gasteiger partial charge is 0.487 e. The molecule has 0 radical (unpaired) electrons. The molecule has 0 aliphatic rings. The minimum Gasteiger partial charge on any atom is -0.487 e. The summed E-state index contributed by atoms with van der Waals surface area (Å²) in [7, 11) is 1.58. The molecule has 106 valence electrons. The standard InChI is InChI=1S/C15H16BrNO3/c1-10-6-12(16)7-11(8-18)15(10)20-9-13-4-3-5-14(17-13)19-2/h3-7,18H,8-9H2,1-2H3. The van der Waals surface area contributed by atoms with E-state index >= 15 is 0 Å². The van der Waals surface area contributed by atoms with Gasteiger partial charge in [-0.15, -0.1) is 0 Å². The van der Waals surface area contributed by atoms with Crippen LogP contribution in [0.5, 0.6) is 11.6 Å². The lowest BCUT2D eigenvalue weighted by Crippen LogP contribution is -2.03. The van der Waals surface area contributed by atoms with Crippen molar-refractivity contribution in [3.63, 3.8) is 0 Å². The van der Waals surface area contributed by atoms with E-state index in [1.165, 1.54) is 0 Å². The van der Waals surface area contributed by atoms with E-state index in [0.717, 1.165) is 21.3 Å². The molecule has 1 N–H and O–H groups in total. The van der Waals surface area contributed by atoms with Gasteiger partial charge in [0.1, 0.15) is 12.4 Å². The highest BCUT2D eigenvalue weighted by atomic mass is 79.9. The number of benzene rings is 1. The van der Waals surface area contributed by atoms with Gasteiger partial charge in [-0.25, -0.2) is 4.98 Å². The van der Waals surface area contributed by atoms with E-state index in [-0.39, 0.29) is 6.61 Å². The van der Waals surface area contributed by atoms with Crippen LogP contribution in [0.4, 0.5) is 0 Å². The zero-order valence-electron chi connectivity index (χ0n) is 11.4. The number of methoxy groups -OCH3 is 1. The Morgan fingerprint density at radius 2 is 2.10 bits per heavy atom. The molecule has 4 nitrogen and oxygen atoms in total. The first-order valence-corrected chi connectivity index (χ1v) is 6.96. The Labute approximate surface area is 126 Å². The molecule has 20 heavy (non-hydrogen) atoms. The van der Waals surface area contributed by atoms with Crippen molar-refractivity contribution >= 4 is 15.9 Å². The topological polar surface area (TPSA) is 51.6 Å². The number of halogens is 1. The first-order valence-electron chi connectivity index (χ1n) is 6.16. The number of pyridine rings is 1. The van der Waals surface area contributed by atoms with E-state index < -0.39 is 0 Å². The van der Waals surface area contributed by atoms with E-state index in [1.807, 2.05) is 31.2 Å². The number of rotatable bonds is 5. The zero-order chi connectivity index (χ0) is 14.5. The smallest absolute Gasteiger partial charge is 0.213 e. The third-order valence-corrected chi connectivity index (χ3v) is 3.30. The van der Waals surface area contributed by atoms with Gasteiger partial charge < -0.3 is 14.6 Å². The number of aromatic nitrogens is 1. The van der Waals surface area contributed by atoms with E-state index in [1.54, 1.807) is 13.2 Å². The average molecular weight is 338 g/mol. The summed E-state index contributed by atoms with van der Waals surface area (Å²) in [6, 6.07) is 9.32. The van der Waals surface area contributed by atoms with Gasteiger partial charge in [0.15, 0.2) is 0 Å². The maximum atomic E-state index is 9.41. The van der Waals surface area contributed by atoms with Crippen LogP contribution in [0.15, 0.2) is 34.8 Å². The van der Waals surface area contributed by atoms with Gasteiger partial charge >= 0.3 is 0 Å². The first-order chi connectivity index (χ1) is 9.63. The molecule has 0 saturated heterocycles. The number of aliphatic hydroxyl groups excluding tert-OH is 1. The fourth-order valence-electron chi connectivity index (χ4n) is 1.92. The van der Waals surface area contributed by atoms with Gasteiger partial charge in [0, 0.05) is 16.1 Å². The molecule has 0 unspecified atom stereocenters. The molecule has 2 rings (SSSR count). The minimum absolute atomic E-state index is 0.0683. The summed E-state index contributed by atoms with van der Waals surface area (Å²) in [5, 5.41) is 9.41. The molecule has 1 heterocycles. The van der Waals surface area contributed by atoms with Gasteiger partial charge in [0.05, 0.1) is 19.4 Å². The second-order valence-corrected chi connectivity index (χ2v) is 5.24. The average Bonchev–Trinajstić information content (AvgIpc) is 2.45. The molecule has 0 spiro atoms. The van der Waals surface area contributed by atoms with E-state index in [2.05, 4.69) is 20.9 Å². The fourth-order valence-corrected chi connectivity index (χ4v) is 2.54. The molecule has 5 heteroatoms. The number of hydrogen-bond acceptors (Lipinski definition) is 4. The van der Waals surface area contributed by atoms with Crippen molar-refractivity contribution in [1.29, 1.82) is 0 Å². The first kappa shape index (κ1) is 14.8. The molecule has 0 fully saturated rings. The second kappa shape index (κ2) is 6.72. The van der Waals surface area contributed by atoms with E-state index in [4.69, 9.17) is 9.47 Å². The van der Waals surface area contributed by atoms with Crippen LogP contribution in [0.25, 0.3) is 0 Å². The monoisotopic (exact) mass is 337 g/mol. The predicted molar refractivity (Wildman–Crippen MR) is 79.9 cm³/mol. The van der Waals surface area contributed by atoms with Crippen LogP contribution in [-0.4, -0.2) is 17.2 Å². The number of aliphatic hydroxyl groups is 1. The fraction of sp³-hybridized carbons (Fsp3) is 0.267. The van der Waals surface area contributed by atoms with Crippen LogP contribution < -0.4 is 9.47 Å². The molecule has 0 saturated carbocycles. The lowest BCUT2D eigenvalue weighted by atomic mass is 10.1. The Morgan fingerprint density at radius 1 is 1.30 bits per heavy atom. The Kier molecular flexibility index (Phi) is 4.98. The normalized spacial score (nSPS) is 10.4. The van der Waals surface area contributed by atoms with Crippen molar-refractivity contribution in [2.45, 2.75) is 20.1 Å². The summed E-state index contributed by atoms with van der Waals surface area (Å²) in [5.74, 6) is 1.25. The molecule has 2 aromatic rings. The Balaban J connectivity index is 2.18. The van der Waals surface area contributed by atoms with E-state index in [0.29, 0.717) is 18.2 Å². The van der Waals surface area contributed by atoms with Crippen molar-refractivity contribution in [3.05, 3.63) is 51.6 Å². The Bertz CT molecular complexity index is 602.